The van der Waals surface area contributed by atoms with Crippen LogP contribution in [-0.2, 0) is 19.0 Å². The van der Waals surface area contributed by atoms with E-state index < -0.39 is 48.0 Å². The van der Waals surface area contributed by atoms with Gasteiger partial charge >= 0.3 is 12.4 Å². The zero-order valence-corrected chi connectivity index (χ0v) is 18.7. The van der Waals surface area contributed by atoms with E-state index in [9.17, 15) is 31.4 Å². The van der Waals surface area contributed by atoms with Crippen molar-refractivity contribution in [1.82, 2.24) is 15.0 Å². The van der Waals surface area contributed by atoms with Crippen LogP contribution in [0.3, 0.4) is 0 Å². The maximum absolute atomic E-state index is 13.8. The van der Waals surface area contributed by atoms with Crippen molar-refractivity contribution in [3.05, 3.63) is 65.0 Å². The van der Waals surface area contributed by atoms with Crippen molar-refractivity contribution in [2.75, 3.05) is 6.54 Å². The molecule has 1 fully saturated rings. The van der Waals surface area contributed by atoms with Gasteiger partial charge < -0.3 is 30.2 Å². The molecule has 2 aromatic carbocycles. The Morgan fingerprint density at radius 3 is 2.43 bits per heavy atom. The fourth-order valence-corrected chi connectivity index (χ4v) is 3.83. The highest BCUT2D eigenvalue weighted by molar-refractivity contribution is 5.78. The molecule has 4 N–H and O–H groups in total. The number of rotatable bonds is 5. The number of ether oxygens (including phenoxy) is 1. The zero-order valence-electron chi connectivity index (χ0n) is 18.7. The van der Waals surface area contributed by atoms with Crippen LogP contribution in [0.2, 0.25) is 0 Å². The Kier molecular flexibility index (Phi) is 6.90. The SMILES string of the molecule is N/C(=N\O)N1CC[C@H](O)[C@H]1c1nc(-c2ccc(OCc3ccc(C(F)(F)F)cc3)c(C(F)(F)F)c2)no1. The molecule has 0 amide bonds. The number of halogens is 6. The summed E-state index contributed by atoms with van der Waals surface area (Å²) in [5, 5.41) is 25.8. The van der Waals surface area contributed by atoms with E-state index in [0.717, 1.165) is 36.4 Å². The third kappa shape index (κ3) is 5.55. The summed E-state index contributed by atoms with van der Waals surface area (Å²) in [6.07, 6.45) is -10.2. The number of oxime groups is 1. The van der Waals surface area contributed by atoms with Crippen LogP contribution in [-0.4, -0.2) is 44.0 Å². The number of alkyl halides is 6. The molecule has 1 aliphatic heterocycles. The van der Waals surface area contributed by atoms with Gasteiger partial charge in [0.05, 0.1) is 17.2 Å². The standard InChI is InChI=1S/C22H19F6N5O4/c23-21(24,25)13-4-1-11(2-5-13)10-36-16-6-3-12(9-14(16)22(26,27)28)18-30-19(37-32-18)17-15(34)7-8-33(17)20(29)31-35/h1-6,9,15,17,34-35H,7-8,10H2,(H2,29,31)/t15-,17-/m0/s1. The minimum absolute atomic E-state index is 0.0768. The van der Waals surface area contributed by atoms with Crippen molar-refractivity contribution in [3.8, 4) is 17.1 Å². The first-order valence-corrected chi connectivity index (χ1v) is 10.6. The summed E-state index contributed by atoms with van der Waals surface area (Å²) in [5.74, 6) is -1.23. The minimum Gasteiger partial charge on any atom is -0.488 e. The summed E-state index contributed by atoms with van der Waals surface area (Å²) in [4.78, 5) is 5.39. The molecule has 2 heterocycles. The van der Waals surface area contributed by atoms with Gasteiger partial charge in [-0.15, -0.1) is 0 Å². The number of likely N-dealkylation sites (tertiary alicyclic amines) is 1. The number of guanidine groups is 1. The Balaban J connectivity index is 1.57. The van der Waals surface area contributed by atoms with Gasteiger partial charge in [0.15, 0.2) is 0 Å². The summed E-state index contributed by atoms with van der Waals surface area (Å²) in [5.41, 5.74) is 3.70. The van der Waals surface area contributed by atoms with Crippen LogP contribution in [0.25, 0.3) is 11.4 Å². The molecule has 0 unspecified atom stereocenters. The van der Waals surface area contributed by atoms with Gasteiger partial charge in [-0.3, -0.25) is 0 Å². The molecule has 0 bridgehead atoms. The maximum atomic E-state index is 13.8. The van der Waals surface area contributed by atoms with E-state index in [2.05, 4.69) is 15.3 Å². The quantitative estimate of drug-likeness (QED) is 0.147. The van der Waals surface area contributed by atoms with E-state index in [4.69, 9.17) is 20.2 Å². The number of nitrogens with zero attached hydrogens (tertiary/aromatic N) is 4. The van der Waals surface area contributed by atoms with Gasteiger partial charge in [0, 0.05) is 12.1 Å². The fourth-order valence-electron chi connectivity index (χ4n) is 3.83. The van der Waals surface area contributed by atoms with Crippen molar-refractivity contribution in [2.45, 2.75) is 37.5 Å². The van der Waals surface area contributed by atoms with E-state index in [1.54, 1.807) is 0 Å². The van der Waals surface area contributed by atoms with Crippen LogP contribution in [0.5, 0.6) is 5.75 Å². The van der Waals surface area contributed by atoms with Crippen LogP contribution in [0.1, 0.15) is 35.0 Å². The molecule has 1 saturated heterocycles. The predicted octanol–water partition coefficient (Wildman–Crippen LogP) is 4.16. The number of hydrogen-bond acceptors (Lipinski definition) is 7. The third-order valence-corrected chi connectivity index (χ3v) is 5.68. The molecule has 9 nitrogen and oxygen atoms in total. The summed E-state index contributed by atoms with van der Waals surface area (Å²) >= 11 is 0. The smallest absolute Gasteiger partial charge is 0.419 e. The Bertz CT molecular complexity index is 1280. The first-order valence-electron chi connectivity index (χ1n) is 10.6. The lowest BCUT2D eigenvalue weighted by atomic mass is 10.1. The number of benzene rings is 2. The van der Waals surface area contributed by atoms with E-state index in [1.165, 1.54) is 11.0 Å². The second-order valence-corrected chi connectivity index (χ2v) is 8.10. The monoisotopic (exact) mass is 531 g/mol. The van der Waals surface area contributed by atoms with Crippen molar-refractivity contribution >= 4 is 5.96 Å². The van der Waals surface area contributed by atoms with Crippen molar-refractivity contribution in [1.29, 1.82) is 0 Å². The molecule has 1 aliphatic rings. The van der Waals surface area contributed by atoms with E-state index in [-0.39, 0.29) is 41.8 Å². The molecule has 0 spiro atoms. The largest absolute Gasteiger partial charge is 0.488 e. The summed E-state index contributed by atoms with van der Waals surface area (Å²) in [6.45, 7) is -0.196. The van der Waals surface area contributed by atoms with Crippen molar-refractivity contribution in [2.24, 2.45) is 10.9 Å². The van der Waals surface area contributed by atoms with Crippen LogP contribution in [0.15, 0.2) is 52.1 Å². The van der Waals surface area contributed by atoms with E-state index in [0.29, 0.717) is 0 Å². The van der Waals surface area contributed by atoms with E-state index >= 15 is 0 Å². The fraction of sp³-hybridized carbons (Fsp3) is 0.318. The first kappa shape index (κ1) is 26.1. The summed E-state index contributed by atoms with van der Waals surface area (Å²) in [6, 6.07) is 5.89. The number of aromatic nitrogens is 2. The molecule has 15 heteroatoms. The highest BCUT2D eigenvalue weighted by atomic mass is 19.4. The molecular formula is C22H19F6N5O4. The molecule has 0 radical (unpaired) electrons. The summed E-state index contributed by atoms with van der Waals surface area (Å²) in [7, 11) is 0. The minimum atomic E-state index is -4.84. The molecule has 3 aromatic rings. The number of hydrogen-bond donors (Lipinski definition) is 3. The Labute approximate surface area is 204 Å². The van der Waals surface area contributed by atoms with Crippen LogP contribution < -0.4 is 10.5 Å². The van der Waals surface area contributed by atoms with E-state index in [1.807, 2.05) is 0 Å². The average molecular weight is 531 g/mol. The molecule has 4 rings (SSSR count). The molecule has 37 heavy (non-hydrogen) atoms. The maximum Gasteiger partial charge on any atom is 0.419 e. The number of aliphatic hydroxyl groups is 1. The number of aliphatic hydroxyl groups excluding tert-OH is 1. The normalized spacial score (nSPS) is 18.9. The molecule has 0 saturated carbocycles. The Hall–Kier alpha value is -4.01. The molecule has 2 atom stereocenters. The van der Waals surface area contributed by atoms with Crippen LogP contribution >= 0.6 is 0 Å². The second kappa shape index (κ2) is 9.80. The van der Waals surface area contributed by atoms with Crippen LogP contribution in [0.4, 0.5) is 26.3 Å². The van der Waals surface area contributed by atoms with Gasteiger partial charge in [-0.2, -0.15) is 31.3 Å². The average Bonchev–Trinajstić information content (AvgIpc) is 3.48. The highest BCUT2D eigenvalue weighted by Crippen LogP contribution is 2.39. The lowest BCUT2D eigenvalue weighted by Gasteiger charge is -2.22. The Morgan fingerprint density at radius 2 is 1.81 bits per heavy atom. The van der Waals surface area contributed by atoms with Gasteiger partial charge in [0.1, 0.15) is 18.4 Å². The zero-order chi connectivity index (χ0) is 27.0. The van der Waals surface area contributed by atoms with Crippen molar-refractivity contribution < 1.29 is 45.9 Å². The van der Waals surface area contributed by atoms with Gasteiger partial charge in [0.2, 0.25) is 11.8 Å². The van der Waals surface area contributed by atoms with Gasteiger partial charge in [-0.1, -0.05) is 22.4 Å². The molecule has 1 aromatic heterocycles. The molecule has 198 valence electrons. The molecule has 0 aliphatic carbocycles. The first-order chi connectivity index (χ1) is 17.4. The Morgan fingerprint density at radius 1 is 1.11 bits per heavy atom. The molecular weight excluding hydrogens is 512 g/mol. The van der Waals surface area contributed by atoms with Gasteiger partial charge in [-0.05, 0) is 42.3 Å². The van der Waals surface area contributed by atoms with Crippen LogP contribution in [0, 0.1) is 0 Å². The second-order valence-electron chi connectivity index (χ2n) is 8.10. The number of nitrogens with two attached hydrogens (primary N) is 1. The lowest BCUT2D eigenvalue weighted by Crippen LogP contribution is -2.38. The van der Waals surface area contributed by atoms with Gasteiger partial charge in [-0.25, -0.2) is 0 Å². The lowest BCUT2D eigenvalue weighted by molar-refractivity contribution is -0.139. The summed E-state index contributed by atoms with van der Waals surface area (Å²) < 4.78 is 89.8. The van der Waals surface area contributed by atoms with Gasteiger partial charge in [0.25, 0.3) is 5.89 Å². The third-order valence-electron chi connectivity index (χ3n) is 5.68. The van der Waals surface area contributed by atoms with Crippen molar-refractivity contribution in [3.63, 3.8) is 0 Å². The predicted molar refractivity (Wildman–Crippen MR) is 114 cm³/mol. The highest BCUT2D eigenvalue weighted by Gasteiger charge is 2.40. The topological polar surface area (TPSA) is 130 Å².